The van der Waals surface area contributed by atoms with Gasteiger partial charge in [0.15, 0.2) is 0 Å². The normalized spacial score (nSPS) is 12.4. The lowest BCUT2D eigenvalue weighted by molar-refractivity contribution is 0.100. The summed E-state index contributed by atoms with van der Waals surface area (Å²) in [6.07, 6.45) is 4.08. The van der Waals surface area contributed by atoms with Crippen molar-refractivity contribution in [2.24, 2.45) is 4.36 Å². The van der Waals surface area contributed by atoms with E-state index >= 15 is 0 Å². The Morgan fingerprint density at radius 3 is 2.29 bits per heavy atom. The molecule has 0 aliphatic rings. The molecule has 3 rings (SSSR count). The molecule has 0 radical (unpaired) electrons. The van der Waals surface area contributed by atoms with E-state index in [0.717, 1.165) is 18.2 Å². The average Bonchev–Trinajstić information content (AvgIpc) is 2.66. The van der Waals surface area contributed by atoms with Gasteiger partial charge in [-0.1, -0.05) is 30.0 Å². The molecule has 0 saturated carbocycles. The third-order valence-corrected chi connectivity index (χ3v) is 5.30. The van der Waals surface area contributed by atoms with Crippen molar-refractivity contribution in [3.63, 3.8) is 0 Å². The van der Waals surface area contributed by atoms with Crippen LogP contribution in [0.15, 0.2) is 76.2 Å². The molecule has 28 heavy (non-hydrogen) atoms. The molecule has 1 atom stereocenters. The lowest BCUT2D eigenvalue weighted by Crippen LogP contribution is -2.04. The summed E-state index contributed by atoms with van der Waals surface area (Å²) in [5, 5.41) is 0. The van der Waals surface area contributed by atoms with Gasteiger partial charge in [0.05, 0.1) is 15.3 Å². The summed E-state index contributed by atoms with van der Waals surface area (Å²) < 4.78 is 43.0. The number of pyridine rings is 1. The van der Waals surface area contributed by atoms with Gasteiger partial charge in [0, 0.05) is 40.7 Å². The highest BCUT2D eigenvalue weighted by Crippen LogP contribution is 2.13. The Morgan fingerprint density at radius 1 is 0.964 bits per heavy atom. The number of halogens is 2. The highest BCUT2D eigenvalue weighted by molar-refractivity contribution is 7.93. The van der Waals surface area contributed by atoms with Crippen molar-refractivity contribution in [1.82, 2.24) is 4.98 Å². The summed E-state index contributed by atoms with van der Waals surface area (Å²) in [5.41, 5.74) is 0.621. The van der Waals surface area contributed by atoms with Crippen molar-refractivity contribution in [3.8, 4) is 11.8 Å². The second kappa shape index (κ2) is 8.11. The Morgan fingerprint density at radius 2 is 1.61 bits per heavy atom. The molecule has 0 aliphatic heterocycles. The first-order chi connectivity index (χ1) is 13.3. The van der Waals surface area contributed by atoms with Crippen LogP contribution in [0.2, 0.25) is 0 Å². The van der Waals surface area contributed by atoms with E-state index in [1.54, 1.807) is 30.3 Å². The van der Waals surface area contributed by atoms with E-state index in [1.165, 1.54) is 24.7 Å². The fourth-order valence-corrected chi connectivity index (χ4v) is 3.52. The first-order valence-electron chi connectivity index (χ1n) is 8.08. The zero-order valence-corrected chi connectivity index (χ0v) is 15.5. The topological polar surface area (TPSA) is 59.4 Å². The largest absolute Gasteiger partial charge is 0.286 e. The second-order valence-corrected chi connectivity index (χ2v) is 8.14. The fourth-order valence-electron chi connectivity index (χ4n) is 2.33. The van der Waals surface area contributed by atoms with Gasteiger partial charge in [-0.3, -0.25) is 9.78 Å². The van der Waals surface area contributed by atoms with Crippen LogP contribution in [0.5, 0.6) is 0 Å². The molecular weight excluding hydrogens is 382 g/mol. The summed E-state index contributed by atoms with van der Waals surface area (Å²) in [5.74, 6) is 3.15. The number of aromatic nitrogens is 1. The highest BCUT2D eigenvalue weighted by Gasteiger charge is 2.11. The lowest BCUT2D eigenvalue weighted by Gasteiger charge is -2.03. The van der Waals surface area contributed by atoms with E-state index in [9.17, 15) is 17.8 Å². The maximum Gasteiger partial charge on any atom is 0.286 e. The third-order valence-electron chi connectivity index (χ3n) is 3.64. The Kier molecular flexibility index (Phi) is 5.62. The molecule has 3 aromatic rings. The standard InChI is InChI=1S/C21H14F2N2O2S/c1-28(27,20-5-3-2-4-6-20)25-21(26)17-9-16(13-24-14-17)8-7-15-10-18(22)12-19(23)11-15/h2-6,9-14H,1H3. The fraction of sp³-hybridized carbons (Fsp3) is 0.0476. The number of carbonyl (C=O) groups excluding carboxylic acids is 1. The van der Waals surface area contributed by atoms with Gasteiger partial charge < -0.3 is 0 Å². The van der Waals surface area contributed by atoms with Crippen LogP contribution < -0.4 is 0 Å². The Hall–Kier alpha value is -3.37. The van der Waals surface area contributed by atoms with E-state index in [1.807, 2.05) is 0 Å². The van der Waals surface area contributed by atoms with E-state index in [0.29, 0.717) is 10.5 Å². The van der Waals surface area contributed by atoms with Crippen molar-refractivity contribution >= 4 is 15.6 Å². The first-order valence-corrected chi connectivity index (χ1v) is 10.0. The number of hydrogen-bond acceptors (Lipinski definition) is 3. The van der Waals surface area contributed by atoms with Crippen molar-refractivity contribution in [3.05, 3.63) is 95.3 Å². The molecular formula is C21H14F2N2O2S. The zero-order valence-electron chi connectivity index (χ0n) is 14.7. The van der Waals surface area contributed by atoms with Crippen LogP contribution in [0, 0.1) is 23.5 Å². The predicted molar refractivity (Wildman–Crippen MR) is 102 cm³/mol. The molecule has 1 heterocycles. The number of rotatable bonds is 2. The number of amides is 1. The van der Waals surface area contributed by atoms with E-state index in [2.05, 4.69) is 21.2 Å². The summed E-state index contributed by atoms with van der Waals surface area (Å²) in [4.78, 5) is 16.8. The van der Waals surface area contributed by atoms with Crippen molar-refractivity contribution in [2.45, 2.75) is 4.90 Å². The smallest absolute Gasteiger partial charge is 0.266 e. The van der Waals surface area contributed by atoms with E-state index in [4.69, 9.17) is 0 Å². The molecule has 140 valence electrons. The van der Waals surface area contributed by atoms with Gasteiger partial charge in [-0.15, -0.1) is 0 Å². The van der Waals surface area contributed by atoms with Crippen LogP contribution in [0.3, 0.4) is 0 Å². The Labute approximate surface area is 161 Å². The Bertz CT molecular complexity index is 1200. The van der Waals surface area contributed by atoms with Crippen molar-refractivity contribution in [1.29, 1.82) is 0 Å². The highest BCUT2D eigenvalue weighted by atomic mass is 32.2. The van der Waals surface area contributed by atoms with Crippen molar-refractivity contribution < 1.29 is 17.8 Å². The predicted octanol–water partition coefficient (Wildman–Crippen LogP) is 4.06. The van der Waals surface area contributed by atoms with Crippen LogP contribution in [0.25, 0.3) is 0 Å². The lowest BCUT2D eigenvalue weighted by atomic mass is 10.1. The number of hydrogen-bond donors (Lipinski definition) is 0. The van der Waals surface area contributed by atoms with Gasteiger partial charge in [-0.05, 0) is 30.3 Å². The maximum absolute atomic E-state index is 13.2. The molecule has 0 fully saturated rings. The second-order valence-electron chi connectivity index (χ2n) is 5.88. The van der Waals surface area contributed by atoms with Crippen LogP contribution in [0.1, 0.15) is 21.5 Å². The average molecular weight is 396 g/mol. The minimum absolute atomic E-state index is 0.114. The SMILES string of the molecule is CS(=O)(=NC(=O)c1cncc(C#Cc2cc(F)cc(F)c2)c1)c1ccccc1. The van der Waals surface area contributed by atoms with Gasteiger partial charge >= 0.3 is 0 Å². The minimum atomic E-state index is -2.91. The number of carbonyl (C=O) groups is 1. The molecule has 7 heteroatoms. The molecule has 0 bridgehead atoms. The molecule has 1 unspecified atom stereocenters. The summed E-state index contributed by atoms with van der Waals surface area (Å²) in [6, 6.07) is 12.9. The molecule has 1 aromatic heterocycles. The molecule has 1 amide bonds. The molecule has 0 spiro atoms. The number of benzene rings is 2. The van der Waals surface area contributed by atoms with Gasteiger partial charge in [0.25, 0.3) is 5.91 Å². The zero-order chi connectivity index (χ0) is 20.1. The van der Waals surface area contributed by atoms with Crippen LogP contribution in [-0.2, 0) is 9.73 Å². The molecule has 4 nitrogen and oxygen atoms in total. The third kappa shape index (κ3) is 4.87. The maximum atomic E-state index is 13.2. The van der Waals surface area contributed by atoms with Gasteiger partial charge in [0.1, 0.15) is 11.6 Å². The van der Waals surface area contributed by atoms with Gasteiger partial charge in [-0.25, -0.2) is 13.0 Å². The molecule has 0 aliphatic carbocycles. The molecule has 2 aromatic carbocycles. The number of nitrogens with zero attached hydrogens (tertiary/aromatic N) is 2. The van der Waals surface area contributed by atoms with Crippen LogP contribution in [-0.4, -0.2) is 21.4 Å². The van der Waals surface area contributed by atoms with Gasteiger partial charge in [-0.2, -0.15) is 4.36 Å². The van der Waals surface area contributed by atoms with Crippen molar-refractivity contribution in [2.75, 3.05) is 6.26 Å². The van der Waals surface area contributed by atoms with Crippen LogP contribution in [0.4, 0.5) is 8.78 Å². The van der Waals surface area contributed by atoms with Gasteiger partial charge in [0.2, 0.25) is 0 Å². The molecule has 0 N–H and O–H groups in total. The Balaban J connectivity index is 1.90. The van der Waals surface area contributed by atoms with Crippen LogP contribution >= 0.6 is 0 Å². The summed E-state index contributed by atoms with van der Waals surface area (Å²) in [6.45, 7) is 0. The monoisotopic (exact) mass is 396 g/mol. The summed E-state index contributed by atoms with van der Waals surface area (Å²) >= 11 is 0. The van der Waals surface area contributed by atoms with E-state index in [-0.39, 0.29) is 11.1 Å². The summed E-state index contributed by atoms with van der Waals surface area (Å²) in [7, 11) is -2.91. The van der Waals surface area contributed by atoms with E-state index < -0.39 is 27.3 Å². The first kappa shape index (κ1) is 19.4. The molecule has 0 saturated heterocycles. The quantitative estimate of drug-likeness (QED) is 0.614. The minimum Gasteiger partial charge on any atom is -0.266 e.